The number of hydrogen-bond donors (Lipinski definition) is 2. The molecule has 12 heteroatoms. The van der Waals surface area contributed by atoms with Gasteiger partial charge in [0.2, 0.25) is 0 Å². The Balaban J connectivity index is 1.39. The van der Waals surface area contributed by atoms with E-state index in [1.165, 1.54) is 24.4 Å². The van der Waals surface area contributed by atoms with E-state index in [2.05, 4.69) is 20.9 Å². The summed E-state index contributed by atoms with van der Waals surface area (Å²) in [6, 6.07) is 3.61. The van der Waals surface area contributed by atoms with Crippen molar-refractivity contribution in [2.24, 2.45) is 5.73 Å². The molecule has 1 aliphatic carbocycles. The van der Waals surface area contributed by atoms with Crippen LogP contribution in [0.1, 0.15) is 55.7 Å². The number of fused-ring (bicyclic) bond motifs is 3. The van der Waals surface area contributed by atoms with E-state index in [0.717, 1.165) is 19.0 Å². The average molecular weight is 624 g/mol. The summed E-state index contributed by atoms with van der Waals surface area (Å²) in [5, 5.41) is 11.1. The first-order chi connectivity index (χ1) is 21.5. The molecule has 4 aromatic rings. The molecule has 0 amide bonds. The molecule has 0 radical (unpaired) electrons. The van der Waals surface area contributed by atoms with Crippen LogP contribution < -0.4 is 10.5 Å². The summed E-state index contributed by atoms with van der Waals surface area (Å²) in [5.41, 5.74) is 4.64. The number of rotatable bonds is 5. The highest BCUT2D eigenvalue weighted by Gasteiger charge is 2.49. The third-order valence-electron chi connectivity index (χ3n) is 9.65. The topological polar surface area (TPSA) is 97.4 Å². The molecular formula is C33H30F5N5O2. The molecule has 45 heavy (non-hydrogen) atoms. The zero-order valence-corrected chi connectivity index (χ0v) is 24.2. The largest absolute Gasteiger partial charge is 0.508 e. The number of ether oxygens (including phenoxy) is 1. The van der Waals surface area contributed by atoms with Crippen LogP contribution in [0.25, 0.3) is 32.9 Å². The predicted molar refractivity (Wildman–Crippen MR) is 158 cm³/mol. The van der Waals surface area contributed by atoms with Crippen LogP contribution in [-0.4, -0.2) is 68.3 Å². The molecule has 2 unspecified atom stereocenters. The highest BCUT2D eigenvalue weighted by Crippen LogP contribution is 2.45. The van der Waals surface area contributed by atoms with Gasteiger partial charge in [-0.2, -0.15) is 9.97 Å². The van der Waals surface area contributed by atoms with Gasteiger partial charge < -0.3 is 15.6 Å². The zero-order valence-electron chi connectivity index (χ0n) is 24.2. The van der Waals surface area contributed by atoms with E-state index in [-0.39, 0.29) is 76.4 Å². The number of phenolic OH excluding ortho intramolecular Hbond substituents is 1. The van der Waals surface area contributed by atoms with Gasteiger partial charge in [-0.1, -0.05) is 12.0 Å². The van der Waals surface area contributed by atoms with Gasteiger partial charge in [0.25, 0.3) is 5.92 Å². The molecule has 2 saturated heterocycles. The second kappa shape index (κ2) is 10.8. The van der Waals surface area contributed by atoms with Gasteiger partial charge >= 0.3 is 6.01 Å². The number of pyridine rings is 1. The first-order valence-electron chi connectivity index (χ1n) is 14.9. The number of aromatic hydroxyl groups is 1. The van der Waals surface area contributed by atoms with Crippen LogP contribution in [-0.2, 0) is 0 Å². The Morgan fingerprint density at radius 2 is 1.98 bits per heavy atom. The summed E-state index contributed by atoms with van der Waals surface area (Å²) in [6.07, 6.45) is 7.45. The summed E-state index contributed by atoms with van der Waals surface area (Å²) in [5.74, 6) is -3.57. The molecule has 0 spiro atoms. The van der Waals surface area contributed by atoms with Gasteiger partial charge in [0.05, 0.1) is 22.8 Å². The maximum absolute atomic E-state index is 16.6. The summed E-state index contributed by atoms with van der Waals surface area (Å²) >= 11 is 0. The minimum atomic E-state index is -3.17. The quantitative estimate of drug-likeness (QED) is 0.208. The van der Waals surface area contributed by atoms with Crippen LogP contribution in [0.3, 0.4) is 0 Å². The van der Waals surface area contributed by atoms with Crippen molar-refractivity contribution >= 4 is 21.7 Å². The number of nitrogens with two attached hydrogens (primary N) is 1. The van der Waals surface area contributed by atoms with E-state index < -0.39 is 47.6 Å². The van der Waals surface area contributed by atoms with Crippen molar-refractivity contribution in [3.05, 3.63) is 53.4 Å². The molecule has 3 aliphatic rings. The summed E-state index contributed by atoms with van der Waals surface area (Å²) < 4.78 is 81.5. The van der Waals surface area contributed by atoms with Crippen molar-refractivity contribution in [2.75, 3.05) is 19.7 Å². The van der Waals surface area contributed by atoms with Crippen molar-refractivity contribution < 1.29 is 31.8 Å². The van der Waals surface area contributed by atoms with Gasteiger partial charge in [0.15, 0.2) is 5.82 Å². The molecule has 2 aliphatic heterocycles. The van der Waals surface area contributed by atoms with Gasteiger partial charge in [-0.05, 0) is 55.8 Å². The SMILES string of the molecule is C#Cc1c(F)ccc2cc(O)cc(-c3ncc4c(C5CCC(N)C(F)(F)C5)nc(OC[C@@]56CCCN5C[C@H](F)C6)nc4c3F)c12. The number of nitrogens with zero attached hydrogens (tertiary/aromatic N) is 4. The van der Waals surface area contributed by atoms with Crippen molar-refractivity contribution in [2.45, 2.75) is 68.1 Å². The maximum atomic E-state index is 16.6. The average Bonchev–Trinajstić information content (AvgIpc) is 3.53. The van der Waals surface area contributed by atoms with Crippen LogP contribution in [0, 0.1) is 24.0 Å². The number of aromatic nitrogens is 3. The zero-order chi connectivity index (χ0) is 31.7. The fourth-order valence-corrected chi connectivity index (χ4v) is 7.43. The van der Waals surface area contributed by atoms with Gasteiger partial charge in [0.1, 0.15) is 35.6 Å². The lowest BCUT2D eigenvalue weighted by molar-refractivity contribution is -0.0585. The Labute approximate surface area is 255 Å². The highest BCUT2D eigenvalue weighted by atomic mass is 19.3. The number of halogens is 5. The minimum Gasteiger partial charge on any atom is -0.508 e. The lowest BCUT2D eigenvalue weighted by Gasteiger charge is -2.34. The molecule has 2 aromatic heterocycles. The Morgan fingerprint density at radius 3 is 2.76 bits per heavy atom. The van der Waals surface area contributed by atoms with E-state index in [4.69, 9.17) is 16.9 Å². The van der Waals surface area contributed by atoms with Gasteiger partial charge in [-0.15, -0.1) is 6.42 Å². The number of benzene rings is 2. The van der Waals surface area contributed by atoms with E-state index in [0.29, 0.717) is 18.4 Å². The summed E-state index contributed by atoms with van der Waals surface area (Å²) in [4.78, 5) is 15.2. The summed E-state index contributed by atoms with van der Waals surface area (Å²) in [7, 11) is 0. The Kier molecular flexibility index (Phi) is 7.09. The van der Waals surface area contributed by atoms with Crippen molar-refractivity contribution in [1.29, 1.82) is 0 Å². The Hall–Kier alpha value is -4.08. The number of terminal acetylenes is 1. The van der Waals surface area contributed by atoms with Crippen molar-refractivity contribution in [3.63, 3.8) is 0 Å². The Morgan fingerprint density at radius 1 is 1.16 bits per heavy atom. The number of hydrogen-bond acceptors (Lipinski definition) is 7. The number of alkyl halides is 3. The van der Waals surface area contributed by atoms with Gasteiger partial charge in [0, 0.05) is 47.8 Å². The fraction of sp³-hybridized carbons (Fsp3) is 0.424. The predicted octanol–water partition coefficient (Wildman–Crippen LogP) is 6.00. The molecule has 1 saturated carbocycles. The molecule has 7 nitrogen and oxygen atoms in total. The third-order valence-corrected chi connectivity index (χ3v) is 9.65. The van der Waals surface area contributed by atoms with E-state index >= 15 is 4.39 Å². The van der Waals surface area contributed by atoms with E-state index in [1.54, 1.807) is 0 Å². The first kappa shape index (κ1) is 29.6. The molecule has 4 heterocycles. The van der Waals surface area contributed by atoms with Crippen LogP contribution >= 0.6 is 0 Å². The molecular weight excluding hydrogens is 593 g/mol. The molecule has 7 rings (SSSR count). The highest BCUT2D eigenvalue weighted by molar-refractivity contribution is 6.02. The number of phenols is 1. The normalized spacial score (nSPS) is 26.3. The third kappa shape index (κ3) is 4.93. The second-order valence-electron chi connectivity index (χ2n) is 12.4. The second-order valence-corrected chi connectivity index (χ2v) is 12.4. The van der Waals surface area contributed by atoms with Gasteiger partial charge in [-0.3, -0.25) is 9.88 Å². The van der Waals surface area contributed by atoms with Crippen molar-refractivity contribution in [1.82, 2.24) is 19.9 Å². The fourth-order valence-electron chi connectivity index (χ4n) is 7.43. The monoisotopic (exact) mass is 623 g/mol. The van der Waals surface area contributed by atoms with Crippen LogP contribution in [0.2, 0.25) is 0 Å². The summed E-state index contributed by atoms with van der Waals surface area (Å²) in [6.45, 7) is 1.07. The molecule has 3 fully saturated rings. The maximum Gasteiger partial charge on any atom is 0.317 e. The van der Waals surface area contributed by atoms with Gasteiger partial charge in [-0.25, -0.2) is 22.0 Å². The lowest BCUT2D eigenvalue weighted by atomic mass is 9.81. The minimum absolute atomic E-state index is 0.0232. The van der Waals surface area contributed by atoms with Crippen LogP contribution in [0.4, 0.5) is 22.0 Å². The Bertz CT molecular complexity index is 1880. The van der Waals surface area contributed by atoms with E-state index in [1.807, 2.05) is 4.90 Å². The van der Waals surface area contributed by atoms with Crippen LogP contribution in [0.5, 0.6) is 11.8 Å². The molecule has 3 N–H and O–H groups in total. The van der Waals surface area contributed by atoms with Crippen LogP contribution in [0.15, 0.2) is 30.5 Å². The molecule has 2 aromatic carbocycles. The van der Waals surface area contributed by atoms with Crippen molar-refractivity contribution in [3.8, 4) is 35.4 Å². The lowest BCUT2D eigenvalue weighted by Crippen LogP contribution is -2.45. The smallest absolute Gasteiger partial charge is 0.317 e. The van der Waals surface area contributed by atoms with E-state index in [9.17, 15) is 22.7 Å². The molecule has 0 bridgehead atoms. The standard InChI is InChI=1S/C33H30F5N5O2/c1-2-21-24(35)6-4-17-10-20(44)11-22(26(17)21)29-27(36)30-23(14-40-29)28(18-5-7-25(39)33(37,38)12-18)41-31(42-30)45-16-32-8-3-9-43(32)15-19(34)13-32/h1,4,6,10-11,14,18-19,25,44H,3,5,7-9,12-13,15-16,39H2/t18?,19-,25?,32+/m1/s1. The molecule has 4 atom stereocenters. The molecule has 234 valence electrons. The first-order valence-corrected chi connectivity index (χ1v) is 14.9.